The molecular weight excluding hydrogens is 297 g/mol. The van der Waals surface area contributed by atoms with Gasteiger partial charge < -0.3 is 15.2 Å². The summed E-state index contributed by atoms with van der Waals surface area (Å²) in [5, 5.41) is 20.2. The number of nitrogens with one attached hydrogen (secondary N) is 2. The molecule has 3 rings (SSSR count). The molecule has 0 atom stereocenters. The maximum Gasteiger partial charge on any atom is 0.123 e. The fourth-order valence-corrected chi connectivity index (χ4v) is 2.97. The van der Waals surface area contributed by atoms with Gasteiger partial charge in [0.15, 0.2) is 0 Å². The zero-order valence-corrected chi connectivity index (χ0v) is 13.0. The minimum atomic E-state index is -0.252. The number of ether oxygens (including phenoxy) is 1. The zero-order chi connectivity index (χ0) is 16.1. The molecule has 1 aliphatic heterocycles. The van der Waals surface area contributed by atoms with Crippen LogP contribution in [0.4, 0.5) is 4.39 Å². The third-order valence-electron chi connectivity index (χ3n) is 4.56. The predicted octanol–water partition coefficient (Wildman–Crippen LogP) is 2.09. The van der Waals surface area contributed by atoms with Crippen LogP contribution in [0.3, 0.4) is 0 Å². The van der Waals surface area contributed by atoms with Gasteiger partial charge in [-0.15, -0.1) is 0 Å². The van der Waals surface area contributed by atoms with E-state index in [-0.39, 0.29) is 17.8 Å². The second-order valence-electron chi connectivity index (χ2n) is 6.15. The molecule has 1 aliphatic rings. The van der Waals surface area contributed by atoms with Gasteiger partial charge in [-0.3, -0.25) is 5.10 Å². The molecule has 0 radical (unpaired) electrons. The normalized spacial score (nSPS) is 17.3. The minimum Gasteiger partial charge on any atom is -0.396 e. The summed E-state index contributed by atoms with van der Waals surface area (Å²) in [6.45, 7) is 2.95. The Bertz CT molecular complexity index is 621. The smallest absolute Gasteiger partial charge is 0.123 e. The Morgan fingerprint density at radius 2 is 2.00 bits per heavy atom. The molecule has 0 bridgehead atoms. The van der Waals surface area contributed by atoms with E-state index >= 15 is 0 Å². The quantitative estimate of drug-likeness (QED) is 0.762. The lowest BCUT2D eigenvalue weighted by Gasteiger charge is -2.35. The van der Waals surface area contributed by atoms with Crippen molar-refractivity contribution in [3.63, 3.8) is 0 Å². The van der Waals surface area contributed by atoms with E-state index < -0.39 is 0 Å². The second kappa shape index (κ2) is 7.21. The lowest BCUT2D eigenvalue weighted by molar-refractivity contribution is -0.0154. The van der Waals surface area contributed by atoms with Gasteiger partial charge in [0.2, 0.25) is 0 Å². The van der Waals surface area contributed by atoms with Gasteiger partial charge in [0.25, 0.3) is 0 Å². The molecule has 2 heterocycles. The van der Waals surface area contributed by atoms with Crippen LogP contribution < -0.4 is 5.32 Å². The van der Waals surface area contributed by atoms with E-state index in [0.717, 1.165) is 36.2 Å². The van der Waals surface area contributed by atoms with Gasteiger partial charge in [0.05, 0.1) is 18.5 Å². The Morgan fingerprint density at radius 3 is 2.70 bits per heavy atom. The number of aromatic amines is 1. The number of halogens is 1. The maximum atomic E-state index is 13.0. The van der Waals surface area contributed by atoms with Crippen molar-refractivity contribution in [2.24, 2.45) is 5.41 Å². The zero-order valence-electron chi connectivity index (χ0n) is 13.0. The van der Waals surface area contributed by atoms with Gasteiger partial charge in [-0.05, 0) is 37.1 Å². The summed E-state index contributed by atoms with van der Waals surface area (Å²) in [6.07, 6.45) is 3.51. The van der Waals surface area contributed by atoms with Crippen LogP contribution in [0.2, 0.25) is 0 Å². The molecule has 0 aliphatic carbocycles. The summed E-state index contributed by atoms with van der Waals surface area (Å²) in [4.78, 5) is 0. The third-order valence-corrected chi connectivity index (χ3v) is 4.56. The molecule has 1 saturated heterocycles. The van der Waals surface area contributed by atoms with Gasteiger partial charge in [-0.2, -0.15) is 5.10 Å². The Labute approximate surface area is 134 Å². The molecule has 3 N–H and O–H groups in total. The second-order valence-corrected chi connectivity index (χ2v) is 6.15. The summed E-state index contributed by atoms with van der Waals surface area (Å²) < 4.78 is 18.4. The average Bonchev–Trinajstić information content (AvgIpc) is 3.05. The van der Waals surface area contributed by atoms with Gasteiger partial charge in [0, 0.05) is 42.8 Å². The van der Waals surface area contributed by atoms with Crippen molar-refractivity contribution >= 4 is 0 Å². The van der Waals surface area contributed by atoms with Crippen molar-refractivity contribution < 1.29 is 14.2 Å². The van der Waals surface area contributed by atoms with Crippen LogP contribution in [0.25, 0.3) is 11.3 Å². The highest BCUT2D eigenvalue weighted by Gasteiger charge is 2.31. The molecular formula is C17H22FN3O2. The molecule has 124 valence electrons. The monoisotopic (exact) mass is 319 g/mol. The lowest BCUT2D eigenvalue weighted by Crippen LogP contribution is -2.41. The molecule has 0 unspecified atom stereocenters. The van der Waals surface area contributed by atoms with Crippen LogP contribution in [0, 0.1) is 11.2 Å². The fraction of sp³-hybridized carbons (Fsp3) is 0.471. The number of rotatable bonds is 6. The SMILES string of the molecule is OCC1(CNCc2cn[nH]c2-c2ccc(F)cc2)CCOCC1. The van der Waals surface area contributed by atoms with E-state index in [9.17, 15) is 9.50 Å². The predicted molar refractivity (Wildman–Crippen MR) is 85.3 cm³/mol. The molecule has 1 aromatic heterocycles. The fourth-order valence-electron chi connectivity index (χ4n) is 2.97. The first kappa shape index (κ1) is 16.1. The first-order valence-electron chi connectivity index (χ1n) is 7.90. The third kappa shape index (κ3) is 3.77. The molecule has 6 heteroatoms. The number of benzene rings is 1. The standard InChI is InChI=1S/C17H22FN3O2/c18-15-3-1-13(2-4-15)16-14(10-20-21-16)9-19-11-17(12-22)5-7-23-8-6-17/h1-4,10,19,22H,5-9,11-12H2,(H,20,21). The van der Waals surface area contributed by atoms with Crippen LogP contribution in [0.5, 0.6) is 0 Å². The topological polar surface area (TPSA) is 70.2 Å². The van der Waals surface area contributed by atoms with Crippen molar-refractivity contribution in [1.82, 2.24) is 15.5 Å². The van der Waals surface area contributed by atoms with E-state index in [1.165, 1.54) is 12.1 Å². The van der Waals surface area contributed by atoms with E-state index in [0.29, 0.717) is 19.8 Å². The van der Waals surface area contributed by atoms with Crippen molar-refractivity contribution in [2.45, 2.75) is 19.4 Å². The van der Waals surface area contributed by atoms with Gasteiger partial charge in [0.1, 0.15) is 5.82 Å². The summed E-state index contributed by atoms with van der Waals surface area (Å²) in [5.74, 6) is -0.252. The highest BCUT2D eigenvalue weighted by atomic mass is 19.1. The molecule has 0 saturated carbocycles. The van der Waals surface area contributed by atoms with E-state index in [1.807, 2.05) is 0 Å². The van der Waals surface area contributed by atoms with Crippen molar-refractivity contribution in [1.29, 1.82) is 0 Å². The Kier molecular flexibility index (Phi) is 5.05. The minimum absolute atomic E-state index is 0.0992. The largest absolute Gasteiger partial charge is 0.396 e. The number of H-pyrrole nitrogens is 1. The molecule has 0 amide bonds. The van der Waals surface area contributed by atoms with E-state index in [2.05, 4.69) is 15.5 Å². The first-order chi connectivity index (χ1) is 11.2. The number of nitrogens with zero attached hydrogens (tertiary/aromatic N) is 1. The molecule has 1 fully saturated rings. The number of aliphatic hydroxyl groups is 1. The van der Waals surface area contributed by atoms with Crippen LogP contribution in [-0.4, -0.2) is 41.7 Å². The summed E-state index contributed by atoms with van der Waals surface area (Å²) in [5.41, 5.74) is 2.72. The number of hydrogen-bond donors (Lipinski definition) is 3. The van der Waals surface area contributed by atoms with Crippen LogP contribution in [0.15, 0.2) is 30.5 Å². The maximum absolute atomic E-state index is 13.0. The average molecular weight is 319 g/mol. The number of hydrogen-bond acceptors (Lipinski definition) is 4. The highest BCUT2D eigenvalue weighted by Crippen LogP contribution is 2.29. The van der Waals surface area contributed by atoms with Gasteiger partial charge >= 0.3 is 0 Å². The molecule has 23 heavy (non-hydrogen) atoms. The van der Waals surface area contributed by atoms with Crippen LogP contribution in [-0.2, 0) is 11.3 Å². The molecule has 1 aromatic carbocycles. The Morgan fingerprint density at radius 1 is 1.26 bits per heavy atom. The van der Waals surface area contributed by atoms with Crippen LogP contribution in [0.1, 0.15) is 18.4 Å². The van der Waals surface area contributed by atoms with Crippen LogP contribution >= 0.6 is 0 Å². The van der Waals surface area contributed by atoms with Gasteiger partial charge in [-0.1, -0.05) is 0 Å². The van der Waals surface area contributed by atoms with Crippen molar-refractivity contribution in [3.8, 4) is 11.3 Å². The van der Waals surface area contributed by atoms with E-state index in [4.69, 9.17) is 4.74 Å². The van der Waals surface area contributed by atoms with Crippen molar-refractivity contribution in [3.05, 3.63) is 41.8 Å². The molecule has 5 nitrogen and oxygen atoms in total. The van der Waals surface area contributed by atoms with Gasteiger partial charge in [-0.25, -0.2) is 4.39 Å². The highest BCUT2D eigenvalue weighted by molar-refractivity contribution is 5.62. The summed E-state index contributed by atoms with van der Waals surface area (Å²) >= 11 is 0. The number of aliphatic hydroxyl groups excluding tert-OH is 1. The molecule has 0 spiro atoms. The lowest BCUT2D eigenvalue weighted by atomic mass is 9.81. The summed E-state index contributed by atoms with van der Waals surface area (Å²) in [6, 6.07) is 6.35. The Hall–Kier alpha value is -1.76. The van der Waals surface area contributed by atoms with Crippen molar-refractivity contribution in [2.75, 3.05) is 26.4 Å². The Balaban J connectivity index is 1.63. The number of aromatic nitrogens is 2. The molecule has 2 aromatic rings. The van der Waals surface area contributed by atoms with E-state index in [1.54, 1.807) is 18.3 Å². The summed E-state index contributed by atoms with van der Waals surface area (Å²) in [7, 11) is 0. The first-order valence-corrected chi connectivity index (χ1v) is 7.90.